The Morgan fingerprint density at radius 3 is 1.44 bits per heavy atom. The van der Waals surface area contributed by atoms with E-state index >= 15 is 0 Å². The van der Waals surface area contributed by atoms with Gasteiger partial charge < -0.3 is 0 Å². The minimum Gasteiger partial charge on any atom is -0.293 e. The molecule has 0 aromatic heterocycles. The molecule has 0 radical (unpaired) electrons. The molecule has 0 spiro atoms. The van der Waals surface area contributed by atoms with Gasteiger partial charge in [0.1, 0.15) is 0 Å². The minimum atomic E-state index is -1.51. The van der Waals surface area contributed by atoms with Crippen LogP contribution in [0.2, 0.25) is 0 Å². The van der Waals surface area contributed by atoms with Crippen LogP contribution in [0, 0.1) is 11.8 Å². The molecule has 2 aliphatic rings. The Morgan fingerprint density at radius 2 is 1.06 bits per heavy atom. The van der Waals surface area contributed by atoms with Crippen molar-refractivity contribution in [2.24, 2.45) is 11.8 Å². The van der Waals surface area contributed by atoms with Crippen LogP contribution in [0.3, 0.4) is 0 Å². The predicted octanol–water partition coefficient (Wildman–Crippen LogP) is 2.21. The molecule has 2 fully saturated rings. The third-order valence-corrected chi connectivity index (χ3v) is 5.38. The summed E-state index contributed by atoms with van der Waals surface area (Å²) in [6.45, 7) is 0. The van der Waals surface area contributed by atoms with Gasteiger partial charge in [0, 0.05) is 12.8 Å². The highest BCUT2D eigenvalue weighted by Gasteiger charge is 2.45. The summed E-state index contributed by atoms with van der Waals surface area (Å²) in [4.78, 5) is 71.0. The number of hydroxylamine groups is 4. The van der Waals surface area contributed by atoms with Crippen molar-refractivity contribution < 1.29 is 33.6 Å². The van der Waals surface area contributed by atoms with E-state index in [1.165, 1.54) is 0 Å². The van der Waals surface area contributed by atoms with Crippen LogP contribution >= 0.6 is 0 Å². The normalized spacial score (nSPS) is 20.8. The van der Waals surface area contributed by atoms with Crippen molar-refractivity contribution in [3.05, 3.63) is 71.8 Å². The first-order valence-electron chi connectivity index (χ1n) is 10.1. The Morgan fingerprint density at radius 1 is 0.688 bits per heavy atom. The second-order valence-corrected chi connectivity index (χ2v) is 7.67. The Hall–Kier alpha value is -4.01. The number of nitrogens with zero attached hydrogens (tertiary/aromatic N) is 2. The molecule has 0 bridgehead atoms. The molecule has 32 heavy (non-hydrogen) atoms. The van der Waals surface area contributed by atoms with Gasteiger partial charge in [-0.15, -0.1) is 0 Å². The van der Waals surface area contributed by atoms with E-state index in [0.717, 1.165) is 11.1 Å². The average molecular weight is 436 g/mol. The van der Waals surface area contributed by atoms with E-state index in [4.69, 9.17) is 9.68 Å². The third-order valence-electron chi connectivity index (χ3n) is 5.38. The number of hydrogen-bond acceptors (Lipinski definition) is 7. The lowest BCUT2D eigenvalue weighted by Crippen LogP contribution is -2.39. The maximum absolute atomic E-state index is 12.5. The van der Waals surface area contributed by atoms with Crippen LogP contribution in [0.15, 0.2) is 60.7 Å². The standard InChI is InChI=1S/C23H20N2O7/c26-19-13-17(11-15-7-3-1-4-8-15)21(28)24(19)31-23(30)32-25-20(27)14-18(22(25)29)12-16-9-5-2-6-10-16/h1-10,17-18H,11-14H2. The zero-order chi connectivity index (χ0) is 22.7. The molecule has 2 unspecified atom stereocenters. The van der Waals surface area contributed by atoms with Gasteiger partial charge in [0.15, 0.2) is 0 Å². The third kappa shape index (κ3) is 4.51. The van der Waals surface area contributed by atoms with Crippen LogP contribution in [-0.4, -0.2) is 39.9 Å². The van der Waals surface area contributed by atoms with Crippen LogP contribution < -0.4 is 0 Å². The highest BCUT2D eigenvalue weighted by Crippen LogP contribution is 2.26. The van der Waals surface area contributed by atoms with Crippen molar-refractivity contribution in [3.63, 3.8) is 0 Å². The number of imide groups is 2. The van der Waals surface area contributed by atoms with Crippen molar-refractivity contribution in [2.45, 2.75) is 25.7 Å². The molecule has 2 aliphatic heterocycles. The highest BCUT2D eigenvalue weighted by atomic mass is 16.9. The lowest BCUT2D eigenvalue weighted by Gasteiger charge is -2.17. The molecule has 9 nitrogen and oxygen atoms in total. The molecule has 164 valence electrons. The van der Waals surface area contributed by atoms with Gasteiger partial charge in [0.25, 0.3) is 23.6 Å². The second kappa shape index (κ2) is 9.01. The van der Waals surface area contributed by atoms with Crippen molar-refractivity contribution >= 4 is 29.8 Å². The molecule has 2 atom stereocenters. The molecule has 2 saturated heterocycles. The van der Waals surface area contributed by atoms with Gasteiger partial charge in [-0.1, -0.05) is 70.8 Å². The first-order valence-corrected chi connectivity index (χ1v) is 10.1. The Labute approximate surface area is 183 Å². The first kappa shape index (κ1) is 21.2. The molecule has 4 rings (SSSR count). The van der Waals surface area contributed by atoms with Crippen LogP contribution in [0.1, 0.15) is 24.0 Å². The molecular weight excluding hydrogens is 416 g/mol. The van der Waals surface area contributed by atoms with Crippen LogP contribution in [0.4, 0.5) is 4.79 Å². The molecule has 0 saturated carbocycles. The summed E-state index contributed by atoms with van der Waals surface area (Å²) in [6, 6.07) is 18.2. The number of benzene rings is 2. The Kier molecular flexibility index (Phi) is 5.98. The molecular formula is C23H20N2O7. The summed E-state index contributed by atoms with van der Waals surface area (Å²) in [5.74, 6) is -4.12. The summed E-state index contributed by atoms with van der Waals surface area (Å²) >= 11 is 0. The number of hydrogen-bond donors (Lipinski definition) is 0. The molecule has 4 amide bonds. The lowest BCUT2D eigenvalue weighted by atomic mass is 9.98. The van der Waals surface area contributed by atoms with E-state index < -0.39 is 41.6 Å². The van der Waals surface area contributed by atoms with Crippen molar-refractivity contribution in [3.8, 4) is 0 Å². The Bertz CT molecular complexity index is 971. The fourth-order valence-electron chi connectivity index (χ4n) is 3.81. The smallest absolute Gasteiger partial charge is 0.293 e. The van der Waals surface area contributed by atoms with Gasteiger partial charge in [-0.05, 0) is 24.0 Å². The zero-order valence-electron chi connectivity index (χ0n) is 17.0. The number of carbonyl (C=O) groups excluding carboxylic acids is 5. The summed E-state index contributed by atoms with van der Waals surface area (Å²) in [5.41, 5.74) is 1.72. The minimum absolute atomic E-state index is 0.123. The maximum Gasteiger partial charge on any atom is 0.560 e. The van der Waals surface area contributed by atoms with Crippen LogP contribution in [0.5, 0.6) is 0 Å². The van der Waals surface area contributed by atoms with E-state index in [2.05, 4.69) is 0 Å². The predicted molar refractivity (Wildman–Crippen MR) is 108 cm³/mol. The molecule has 2 heterocycles. The van der Waals surface area contributed by atoms with Crippen molar-refractivity contribution in [1.82, 2.24) is 10.1 Å². The van der Waals surface area contributed by atoms with E-state index in [9.17, 15) is 24.0 Å². The molecule has 2 aromatic carbocycles. The van der Waals surface area contributed by atoms with E-state index in [-0.39, 0.29) is 12.8 Å². The summed E-state index contributed by atoms with van der Waals surface area (Å²) in [6.07, 6.45) is -1.13. The quantitative estimate of drug-likeness (QED) is 0.639. The Balaban J connectivity index is 1.34. The average Bonchev–Trinajstić information content (AvgIpc) is 3.19. The largest absolute Gasteiger partial charge is 0.560 e. The summed E-state index contributed by atoms with van der Waals surface area (Å²) in [7, 11) is 0. The van der Waals surface area contributed by atoms with Gasteiger partial charge in [0.05, 0.1) is 11.8 Å². The fraction of sp³-hybridized carbons (Fsp3) is 0.261. The zero-order valence-corrected chi connectivity index (χ0v) is 17.0. The molecule has 0 N–H and O–H groups in total. The SMILES string of the molecule is O=C(ON1C(=O)CC(Cc2ccccc2)C1=O)ON1C(=O)CC(Cc2ccccc2)C1=O. The van der Waals surface area contributed by atoms with E-state index in [1.54, 1.807) is 0 Å². The van der Waals surface area contributed by atoms with Crippen molar-refractivity contribution in [1.29, 1.82) is 0 Å². The number of amides is 4. The molecule has 9 heteroatoms. The van der Waals surface area contributed by atoms with E-state index in [0.29, 0.717) is 23.0 Å². The summed E-state index contributed by atoms with van der Waals surface area (Å²) in [5, 5.41) is 0.671. The van der Waals surface area contributed by atoms with Crippen LogP contribution in [-0.2, 0) is 41.7 Å². The fourth-order valence-corrected chi connectivity index (χ4v) is 3.81. The van der Waals surface area contributed by atoms with Crippen LogP contribution in [0.25, 0.3) is 0 Å². The topological polar surface area (TPSA) is 110 Å². The molecule has 0 aliphatic carbocycles. The monoisotopic (exact) mass is 436 g/mol. The lowest BCUT2D eigenvalue weighted by molar-refractivity contribution is -0.199. The van der Waals surface area contributed by atoms with Gasteiger partial charge in [-0.2, -0.15) is 4.79 Å². The second-order valence-electron chi connectivity index (χ2n) is 7.67. The van der Waals surface area contributed by atoms with Gasteiger partial charge in [-0.3, -0.25) is 28.9 Å². The van der Waals surface area contributed by atoms with Gasteiger partial charge >= 0.3 is 6.16 Å². The summed E-state index contributed by atoms with van der Waals surface area (Å²) < 4.78 is 0. The van der Waals surface area contributed by atoms with Gasteiger partial charge in [0.2, 0.25) is 0 Å². The van der Waals surface area contributed by atoms with Gasteiger partial charge in [-0.25, -0.2) is 0 Å². The highest BCUT2D eigenvalue weighted by molar-refractivity contribution is 6.04. The number of carbonyl (C=O) groups is 5. The first-order chi connectivity index (χ1) is 15.4. The molecule has 2 aromatic rings. The van der Waals surface area contributed by atoms with E-state index in [1.807, 2.05) is 60.7 Å². The maximum atomic E-state index is 12.5. The number of rotatable bonds is 6. The van der Waals surface area contributed by atoms with Crippen molar-refractivity contribution in [2.75, 3.05) is 0 Å².